The lowest BCUT2D eigenvalue weighted by Crippen LogP contribution is -2.40. The minimum absolute atomic E-state index is 0.116. The predicted molar refractivity (Wildman–Crippen MR) is 74.3 cm³/mol. The fraction of sp³-hybridized carbons (Fsp3) is 0.500. The zero-order chi connectivity index (χ0) is 16.3. The topological polar surface area (TPSA) is 61.2 Å². The smallest absolute Gasteiger partial charge is 0.299 e. The molecule has 22 heavy (non-hydrogen) atoms. The third-order valence-corrected chi connectivity index (χ3v) is 5.72. The Balaban J connectivity index is 1.97. The van der Waals surface area contributed by atoms with Gasteiger partial charge in [0.1, 0.15) is 5.82 Å². The molecule has 0 atom stereocenters. The standard InChI is InChI=1S/C14H15F3N2O2S/c15-13-7-10(8-18)1-2-11(13)9-19-5-3-12(4-6-19)22(20,21)14(16)17/h1-2,7,12,14H,3-6,9H2. The summed E-state index contributed by atoms with van der Waals surface area (Å²) in [4.78, 5) is 1.82. The van der Waals surface area contributed by atoms with Gasteiger partial charge in [0.05, 0.1) is 16.9 Å². The Hall–Kier alpha value is -1.59. The van der Waals surface area contributed by atoms with Gasteiger partial charge in [-0.15, -0.1) is 0 Å². The highest BCUT2D eigenvalue weighted by Crippen LogP contribution is 2.24. The van der Waals surface area contributed by atoms with Crippen molar-refractivity contribution in [2.45, 2.75) is 30.4 Å². The number of benzene rings is 1. The van der Waals surface area contributed by atoms with E-state index in [1.54, 1.807) is 0 Å². The third kappa shape index (κ3) is 3.59. The molecule has 0 bridgehead atoms. The Kier molecular flexibility index (Phi) is 5.08. The first kappa shape index (κ1) is 16.8. The molecule has 4 nitrogen and oxygen atoms in total. The quantitative estimate of drug-likeness (QED) is 0.849. The first-order chi connectivity index (χ1) is 10.3. The van der Waals surface area contributed by atoms with Gasteiger partial charge in [0, 0.05) is 12.1 Å². The molecule has 0 N–H and O–H groups in total. The Morgan fingerprint density at radius 2 is 1.95 bits per heavy atom. The number of hydrogen-bond acceptors (Lipinski definition) is 4. The monoisotopic (exact) mass is 332 g/mol. The van der Waals surface area contributed by atoms with Crippen LogP contribution in [0.5, 0.6) is 0 Å². The summed E-state index contributed by atoms with van der Waals surface area (Å²) in [5.74, 6) is -3.85. The van der Waals surface area contributed by atoms with Crippen LogP contribution in [0, 0.1) is 17.1 Å². The van der Waals surface area contributed by atoms with Crippen LogP contribution in [-0.2, 0) is 16.4 Å². The maximum absolute atomic E-state index is 13.8. The number of alkyl halides is 2. The van der Waals surface area contributed by atoms with Crippen molar-refractivity contribution in [2.75, 3.05) is 13.1 Å². The summed E-state index contributed by atoms with van der Waals surface area (Å²) in [7, 11) is -4.38. The van der Waals surface area contributed by atoms with Crippen LogP contribution < -0.4 is 0 Å². The van der Waals surface area contributed by atoms with Crippen molar-refractivity contribution in [1.29, 1.82) is 5.26 Å². The number of hydrogen-bond donors (Lipinski definition) is 0. The van der Waals surface area contributed by atoms with Gasteiger partial charge in [-0.25, -0.2) is 12.8 Å². The Morgan fingerprint density at radius 3 is 2.45 bits per heavy atom. The number of nitrogens with zero attached hydrogens (tertiary/aromatic N) is 2. The van der Waals surface area contributed by atoms with E-state index in [2.05, 4.69) is 0 Å². The van der Waals surface area contributed by atoms with Crippen molar-refractivity contribution >= 4 is 9.84 Å². The molecular formula is C14H15F3N2O2S. The molecule has 2 rings (SSSR count). The average Bonchev–Trinajstić information content (AvgIpc) is 2.49. The van der Waals surface area contributed by atoms with Crippen LogP contribution in [0.2, 0.25) is 0 Å². The van der Waals surface area contributed by atoms with Crippen LogP contribution in [-0.4, -0.2) is 37.4 Å². The molecule has 1 aliphatic rings. The molecule has 0 spiro atoms. The van der Waals surface area contributed by atoms with Gasteiger partial charge in [0.25, 0.3) is 0 Å². The fourth-order valence-corrected chi connectivity index (χ4v) is 3.69. The fourth-order valence-electron chi connectivity index (χ4n) is 2.53. The van der Waals surface area contributed by atoms with E-state index in [1.165, 1.54) is 12.1 Å². The number of rotatable bonds is 4. The van der Waals surface area contributed by atoms with Gasteiger partial charge in [-0.1, -0.05) is 6.07 Å². The lowest BCUT2D eigenvalue weighted by atomic mass is 10.1. The van der Waals surface area contributed by atoms with Gasteiger partial charge in [-0.2, -0.15) is 14.0 Å². The van der Waals surface area contributed by atoms with Crippen molar-refractivity contribution in [3.05, 3.63) is 35.1 Å². The minimum atomic E-state index is -4.38. The molecule has 120 valence electrons. The van der Waals surface area contributed by atoms with Crippen LogP contribution in [0.3, 0.4) is 0 Å². The normalized spacial score (nSPS) is 17.6. The van der Waals surface area contributed by atoms with Gasteiger partial charge in [-0.05, 0) is 38.1 Å². The van der Waals surface area contributed by atoms with E-state index in [0.717, 1.165) is 6.07 Å². The van der Waals surface area contributed by atoms with Gasteiger partial charge in [0.15, 0.2) is 0 Å². The summed E-state index contributed by atoms with van der Waals surface area (Å²) in [5, 5.41) is 7.65. The van der Waals surface area contributed by atoms with Gasteiger partial charge >= 0.3 is 5.76 Å². The van der Waals surface area contributed by atoms with Crippen LogP contribution in [0.15, 0.2) is 18.2 Å². The Bertz CT molecular complexity index is 678. The number of halogens is 3. The average molecular weight is 332 g/mol. The zero-order valence-corrected chi connectivity index (χ0v) is 12.5. The number of piperidine rings is 1. The summed E-state index contributed by atoms with van der Waals surface area (Å²) in [5.41, 5.74) is 0.622. The molecule has 0 saturated carbocycles. The second kappa shape index (κ2) is 6.67. The van der Waals surface area contributed by atoms with Gasteiger partial charge in [0.2, 0.25) is 9.84 Å². The summed E-state index contributed by atoms with van der Waals surface area (Å²) < 4.78 is 61.6. The molecule has 0 aliphatic carbocycles. The first-order valence-corrected chi connectivity index (χ1v) is 8.37. The highest BCUT2D eigenvalue weighted by molar-refractivity contribution is 7.92. The number of likely N-dealkylation sites (tertiary alicyclic amines) is 1. The molecule has 8 heteroatoms. The van der Waals surface area contributed by atoms with E-state index in [1.807, 2.05) is 11.0 Å². The van der Waals surface area contributed by atoms with E-state index in [-0.39, 0.29) is 24.9 Å². The van der Waals surface area contributed by atoms with Crippen LogP contribution >= 0.6 is 0 Å². The predicted octanol–water partition coefficient (Wildman–Crippen LogP) is 2.30. The van der Waals surface area contributed by atoms with Crippen LogP contribution in [0.1, 0.15) is 24.0 Å². The van der Waals surface area contributed by atoms with Crippen LogP contribution in [0.25, 0.3) is 0 Å². The molecule has 1 aromatic carbocycles. The SMILES string of the molecule is N#Cc1ccc(CN2CCC(S(=O)(=O)C(F)F)CC2)c(F)c1. The van der Waals surface area contributed by atoms with Gasteiger partial charge < -0.3 is 0 Å². The molecule has 1 fully saturated rings. The molecule has 1 aromatic rings. The highest BCUT2D eigenvalue weighted by Gasteiger charge is 2.36. The zero-order valence-electron chi connectivity index (χ0n) is 11.7. The van der Waals surface area contributed by atoms with Crippen molar-refractivity contribution in [2.24, 2.45) is 0 Å². The van der Waals surface area contributed by atoms with E-state index in [4.69, 9.17) is 5.26 Å². The van der Waals surface area contributed by atoms with Crippen LogP contribution in [0.4, 0.5) is 13.2 Å². The second-order valence-electron chi connectivity index (χ2n) is 5.24. The molecule has 1 saturated heterocycles. The Labute approximate surface area is 127 Å². The molecule has 0 radical (unpaired) electrons. The second-order valence-corrected chi connectivity index (χ2v) is 7.44. The largest absolute Gasteiger partial charge is 0.337 e. The molecule has 0 unspecified atom stereocenters. The van der Waals surface area contributed by atoms with E-state index < -0.39 is 26.7 Å². The molecular weight excluding hydrogens is 317 g/mol. The highest BCUT2D eigenvalue weighted by atomic mass is 32.2. The van der Waals surface area contributed by atoms with Crippen molar-refractivity contribution in [3.8, 4) is 6.07 Å². The van der Waals surface area contributed by atoms with Crippen molar-refractivity contribution in [3.63, 3.8) is 0 Å². The Morgan fingerprint density at radius 1 is 1.32 bits per heavy atom. The van der Waals surface area contributed by atoms with E-state index in [0.29, 0.717) is 18.7 Å². The summed E-state index contributed by atoms with van der Waals surface area (Å²) in [6.45, 7) is 0.894. The molecule has 1 heterocycles. The number of nitriles is 1. The maximum Gasteiger partial charge on any atom is 0.337 e. The molecule has 0 aromatic heterocycles. The number of sulfone groups is 1. The summed E-state index contributed by atoms with van der Waals surface area (Å²) in [6, 6.07) is 6.00. The first-order valence-electron chi connectivity index (χ1n) is 6.76. The molecule has 1 aliphatic heterocycles. The van der Waals surface area contributed by atoms with Crippen molar-refractivity contribution in [1.82, 2.24) is 4.90 Å². The van der Waals surface area contributed by atoms with E-state index >= 15 is 0 Å². The van der Waals surface area contributed by atoms with E-state index in [9.17, 15) is 21.6 Å². The maximum atomic E-state index is 13.8. The minimum Gasteiger partial charge on any atom is -0.299 e. The lowest BCUT2D eigenvalue weighted by molar-refractivity contribution is 0.205. The third-order valence-electron chi connectivity index (χ3n) is 3.82. The van der Waals surface area contributed by atoms with Gasteiger partial charge in [-0.3, -0.25) is 4.90 Å². The lowest BCUT2D eigenvalue weighted by Gasteiger charge is -2.31. The summed E-state index contributed by atoms with van der Waals surface area (Å²) in [6.07, 6.45) is 0.231. The molecule has 0 amide bonds. The summed E-state index contributed by atoms with van der Waals surface area (Å²) >= 11 is 0. The van der Waals surface area contributed by atoms with Crippen molar-refractivity contribution < 1.29 is 21.6 Å².